The van der Waals surface area contributed by atoms with E-state index in [9.17, 15) is 9.90 Å². The van der Waals surface area contributed by atoms with Crippen LogP contribution >= 0.6 is 0 Å². The van der Waals surface area contributed by atoms with Crippen LogP contribution in [0.15, 0.2) is 114 Å². The topological polar surface area (TPSA) is 59.2 Å². The highest BCUT2D eigenvalue weighted by Crippen LogP contribution is 2.34. The number of hydrogen-bond donors (Lipinski definition) is 1. The minimum absolute atomic E-state index is 0.0107. The fourth-order valence-electron chi connectivity index (χ4n) is 4.91. The monoisotopic (exact) mass is 473 g/mol. The van der Waals surface area contributed by atoms with Crippen molar-refractivity contribution in [2.75, 3.05) is 0 Å². The zero-order chi connectivity index (χ0) is 24.6. The van der Waals surface area contributed by atoms with Gasteiger partial charge in [0.05, 0.1) is 0 Å². The standard InChI is InChI=1S/C31H24N2O3/c1-21-32(20-28(35)22-11-14-25(34)15-12-22)17-18-33(21)31(23-7-3-2-4-8-23)24-13-16-30-27(19-24)26-9-5-6-10-29(26)36-30/h2-19,31H,20H2,1H3/p+1. The van der Waals surface area contributed by atoms with Crippen molar-refractivity contribution in [3.05, 3.63) is 132 Å². The minimum atomic E-state index is -0.0747. The number of phenolic OH excluding ortho intramolecular Hbond substituents is 1. The van der Waals surface area contributed by atoms with Crippen LogP contribution in [0.4, 0.5) is 0 Å². The molecule has 6 rings (SSSR count). The highest BCUT2D eigenvalue weighted by atomic mass is 16.3. The van der Waals surface area contributed by atoms with Crippen LogP contribution in [0.25, 0.3) is 21.9 Å². The molecule has 5 nitrogen and oxygen atoms in total. The molecule has 5 heteroatoms. The first-order valence-electron chi connectivity index (χ1n) is 11.9. The van der Waals surface area contributed by atoms with E-state index in [4.69, 9.17) is 4.42 Å². The van der Waals surface area contributed by atoms with Gasteiger partial charge >= 0.3 is 0 Å². The number of rotatable bonds is 6. The summed E-state index contributed by atoms with van der Waals surface area (Å²) >= 11 is 0. The SMILES string of the molecule is Cc1n(C(c2ccccc2)c2ccc3oc4ccccc4c3c2)cc[n+]1CC(=O)c1ccc(O)cc1. The predicted molar refractivity (Wildman–Crippen MR) is 139 cm³/mol. The fraction of sp³-hybridized carbons (Fsp3) is 0.0968. The van der Waals surface area contributed by atoms with Crippen LogP contribution in [0.3, 0.4) is 0 Å². The molecular formula is C31H25N2O3+. The van der Waals surface area contributed by atoms with Gasteiger partial charge < -0.3 is 9.52 Å². The molecule has 0 aliphatic carbocycles. The lowest BCUT2D eigenvalue weighted by molar-refractivity contribution is -0.688. The van der Waals surface area contributed by atoms with E-state index in [1.165, 1.54) is 12.1 Å². The molecule has 0 saturated carbocycles. The third-order valence-electron chi connectivity index (χ3n) is 6.81. The van der Waals surface area contributed by atoms with Gasteiger partial charge in [-0.05, 0) is 42.5 Å². The van der Waals surface area contributed by atoms with Gasteiger partial charge in [0.25, 0.3) is 5.82 Å². The van der Waals surface area contributed by atoms with Gasteiger partial charge in [-0.25, -0.2) is 9.13 Å². The van der Waals surface area contributed by atoms with E-state index in [1.807, 2.05) is 54.2 Å². The molecule has 6 aromatic rings. The summed E-state index contributed by atoms with van der Waals surface area (Å²) in [6.45, 7) is 2.25. The van der Waals surface area contributed by atoms with E-state index >= 15 is 0 Å². The third kappa shape index (κ3) is 3.85. The summed E-state index contributed by atoms with van der Waals surface area (Å²) in [6.07, 6.45) is 3.99. The Morgan fingerprint density at radius 1 is 0.861 bits per heavy atom. The number of ketones is 1. The van der Waals surface area contributed by atoms with Gasteiger partial charge in [-0.15, -0.1) is 0 Å². The number of fused-ring (bicyclic) bond motifs is 3. The maximum Gasteiger partial charge on any atom is 0.254 e. The van der Waals surface area contributed by atoms with Crippen LogP contribution in [0.1, 0.15) is 33.4 Å². The maximum absolute atomic E-state index is 12.9. The fourth-order valence-corrected chi connectivity index (χ4v) is 4.91. The van der Waals surface area contributed by atoms with Gasteiger partial charge in [0.2, 0.25) is 5.78 Å². The molecule has 176 valence electrons. The number of carbonyl (C=O) groups excluding carboxylic acids is 1. The lowest BCUT2D eigenvalue weighted by Crippen LogP contribution is -2.40. The molecule has 2 aromatic heterocycles. The second kappa shape index (κ2) is 8.86. The summed E-state index contributed by atoms with van der Waals surface area (Å²) in [4.78, 5) is 12.9. The summed E-state index contributed by atoms with van der Waals surface area (Å²) < 4.78 is 10.2. The quantitative estimate of drug-likeness (QED) is 0.231. The molecule has 1 atom stereocenters. The first-order chi connectivity index (χ1) is 17.6. The predicted octanol–water partition coefficient (Wildman–Crippen LogP) is 6.21. The third-order valence-corrected chi connectivity index (χ3v) is 6.81. The Balaban J connectivity index is 1.43. The van der Waals surface area contributed by atoms with Gasteiger partial charge in [-0.2, -0.15) is 0 Å². The number of Topliss-reactive ketones (excluding diaryl/α,β-unsaturated/α-hetero) is 1. The van der Waals surface area contributed by atoms with Gasteiger partial charge in [-0.1, -0.05) is 54.6 Å². The first-order valence-corrected chi connectivity index (χ1v) is 11.9. The second-order valence-electron chi connectivity index (χ2n) is 9.02. The van der Waals surface area contributed by atoms with Crippen molar-refractivity contribution in [1.29, 1.82) is 0 Å². The van der Waals surface area contributed by atoms with E-state index in [0.29, 0.717) is 5.56 Å². The van der Waals surface area contributed by atoms with Gasteiger partial charge in [0.1, 0.15) is 29.3 Å². The number of aromatic nitrogens is 2. The average molecular weight is 474 g/mol. The smallest absolute Gasteiger partial charge is 0.254 e. The molecule has 0 spiro atoms. The normalized spacial score (nSPS) is 12.2. The zero-order valence-electron chi connectivity index (χ0n) is 19.8. The summed E-state index contributed by atoms with van der Waals surface area (Å²) in [5.41, 5.74) is 4.61. The minimum Gasteiger partial charge on any atom is -0.508 e. The molecule has 2 heterocycles. The molecule has 0 bridgehead atoms. The van der Waals surface area contributed by atoms with E-state index in [2.05, 4.69) is 47.0 Å². The number of carbonyl (C=O) groups is 1. The van der Waals surface area contributed by atoms with Gasteiger partial charge in [0.15, 0.2) is 12.6 Å². The number of furan rings is 1. The Morgan fingerprint density at radius 2 is 1.58 bits per heavy atom. The highest BCUT2D eigenvalue weighted by Gasteiger charge is 2.27. The zero-order valence-corrected chi connectivity index (χ0v) is 19.8. The highest BCUT2D eigenvalue weighted by molar-refractivity contribution is 6.05. The molecule has 1 unspecified atom stereocenters. The molecule has 0 saturated heterocycles. The van der Waals surface area contributed by atoms with E-state index in [-0.39, 0.29) is 24.1 Å². The van der Waals surface area contributed by atoms with Crippen molar-refractivity contribution in [2.45, 2.75) is 19.5 Å². The van der Waals surface area contributed by atoms with Crippen molar-refractivity contribution in [2.24, 2.45) is 0 Å². The summed E-state index contributed by atoms with van der Waals surface area (Å²) in [5.74, 6) is 1.10. The van der Waals surface area contributed by atoms with Crippen molar-refractivity contribution in [3.63, 3.8) is 0 Å². The summed E-state index contributed by atoms with van der Waals surface area (Å²) in [6, 6.07) is 31.2. The largest absolute Gasteiger partial charge is 0.508 e. The molecule has 0 amide bonds. The molecule has 1 N–H and O–H groups in total. The first kappa shape index (κ1) is 21.9. The van der Waals surface area contributed by atoms with Crippen molar-refractivity contribution < 1.29 is 18.9 Å². The Labute approximate surface area is 208 Å². The van der Waals surface area contributed by atoms with Gasteiger partial charge in [0, 0.05) is 34.4 Å². The van der Waals surface area contributed by atoms with E-state index in [1.54, 1.807) is 12.1 Å². The van der Waals surface area contributed by atoms with Crippen LogP contribution in [0, 0.1) is 6.92 Å². The molecule has 0 aliphatic heterocycles. The van der Waals surface area contributed by atoms with E-state index < -0.39 is 0 Å². The summed E-state index contributed by atoms with van der Waals surface area (Å²) in [5, 5.41) is 11.7. The van der Waals surface area contributed by atoms with E-state index in [0.717, 1.165) is 38.9 Å². The number of imidazole rings is 1. The van der Waals surface area contributed by atoms with Crippen molar-refractivity contribution in [3.8, 4) is 5.75 Å². The number of hydrogen-bond acceptors (Lipinski definition) is 3. The van der Waals surface area contributed by atoms with Crippen LogP contribution in [-0.2, 0) is 6.54 Å². The van der Waals surface area contributed by atoms with Crippen LogP contribution < -0.4 is 4.57 Å². The van der Waals surface area contributed by atoms with Crippen LogP contribution in [-0.4, -0.2) is 15.5 Å². The molecule has 4 aromatic carbocycles. The molecule has 36 heavy (non-hydrogen) atoms. The Kier molecular flexibility index (Phi) is 5.38. The lowest BCUT2D eigenvalue weighted by atomic mass is 9.96. The van der Waals surface area contributed by atoms with Crippen molar-refractivity contribution >= 4 is 27.7 Å². The Hall–Kier alpha value is -4.64. The number of phenols is 1. The number of nitrogens with zero attached hydrogens (tertiary/aromatic N) is 2. The lowest BCUT2D eigenvalue weighted by Gasteiger charge is -2.17. The average Bonchev–Trinajstić information content (AvgIpc) is 3.45. The Morgan fingerprint density at radius 3 is 2.39 bits per heavy atom. The van der Waals surface area contributed by atoms with Crippen LogP contribution in [0.5, 0.6) is 5.75 Å². The number of benzene rings is 4. The van der Waals surface area contributed by atoms with Crippen LogP contribution in [0.2, 0.25) is 0 Å². The molecular weight excluding hydrogens is 448 g/mol. The molecule has 0 fully saturated rings. The number of para-hydroxylation sites is 1. The number of aromatic hydroxyl groups is 1. The summed E-state index contributed by atoms with van der Waals surface area (Å²) in [7, 11) is 0. The molecule has 0 aliphatic rings. The second-order valence-corrected chi connectivity index (χ2v) is 9.02. The van der Waals surface area contributed by atoms with Crippen molar-refractivity contribution in [1.82, 2.24) is 4.57 Å². The Bertz CT molecular complexity index is 1700. The van der Waals surface area contributed by atoms with Gasteiger partial charge in [-0.3, -0.25) is 4.79 Å². The maximum atomic E-state index is 12.9. The molecule has 0 radical (unpaired) electrons.